The quantitative estimate of drug-likeness (QED) is 0.704. The Balaban J connectivity index is 1.12. The van der Waals surface area contributed by atoms with Gasteiger partial charge in [-0.15, -0.1) is 0 Å². The lowest BCUT2D eigenvalue weighted by Crippen LogP contribution is -2.48. The van der Waals surface area contributed by atoms with Crippen LogP contribution in [0.3, 0.4) is 0 Å². The number of nitrogens with one attached hydrogen (secondary N) is 1. The number of likely N-dealkylation sites (tertiary alicyclic amines) is 1. The Labute approximate surface area is 176 Å². The van der Waals surface area contributed by atoms with Crippen LogP contribution in [-0.2, 0) is 11.2 Å². The summed E-state index contributed by atoms with van der Waals surface area (Å²) in [4.78, 5) is 19.0. The third kappa shape index (κ3) is 5.40. The number of hydrogen-bond acceptors (Lipinski definition) is 5. The largest absolute Gasteiger partial charge is 0.494 e. The highest BCUT2D eigenvalue weighted by Gasteiger charge is 2.31. The zero-order valence-electron chi connectivity index (χ0n) is 16.4. The number of fused-ring (bicyclic) bond motifs is 1. The van der Waals surface area contributed by atoms with Gasteiger partial charge < -0.3 is 19.7 Å². The molecule has 2 aliphatic rings. The molecule has 1 unspecified atom stereocenters. The molecule has 2 aromatic rings. The van der Waals surface area contributed by atoms with Crippen LogP contribution in [0.15, 0.2) is 42.7 Å². The molecule has 1 saturated heterocycles. The molecule has 2 aliphatic heterocycles. The molecule has 0 spiro atoms. The summed E-state index contributed by atoms with van der Waals surface area (Å²) in [7, 11) is 0. The molecule has 1 atom stereocenters. The third-order valence-corrected chi connectivity index (χ3v) is 5.72. The van der Waals surface area contributed by atoms with Gasteiger partial charge in [0.05, 0.1) is 12.8 Å². The number of rotatable bonds is 7. The number of amides is 1. The Morgan fingerprint density at radius 1 is 1.24 bits per heavy atom. The van der Waals surface area contributed by atoms with E-state index in [0.717, 1.165) is 56.0 Å². The molecule has 1 aromatic heterocycles. The molecule has 7 heteroatoms. The molecule has 0 radical (unpaired) electrons. The van der Waals surface area contributed by atoms with Gasteiger partial charge in [-0.1, -0.05) is 11.6 Å². The van der Waals surface area contributed by atoms with Gasteiger partial charge in [-0.25, -0.2) is 0 Å². The molecule has 154 valence electrons. The Bertz CT molecular complexity index is 797. The van der Waals surface area contributed by atoms with E-state index in [-0.39, 0.29) is 11.9 Å². The highest BCUT2D eigenvalue weighted by Crippen LogP contribution is 2.27. The average molecular weight is 416 g/mol. The van der Waals surface area contributed by atoms with E-state index in [1.165, 1.54) is 0 Å². The van der Waals surface area contributed by atoms with Crippen LogP contribution in [0, 0.1) is 0 Å². The fourth-order valence-corrected chi connectivity index (χ4v) is 3.95. The van der Waals surface area contributed by atoms with Crippen molar-refractivity contribution < 1.29 is 14.3 Å². The van der Waals surface area contributed by atoms with Crippen molar-refractivity contribution in [2.75, 3.05) is 26.2 Å². The number of piperidine rings is 1. The van der Waals surface area contributed by atoms with Gasteiger partial charge in [-0.3, -0.25) is 9.78 Å². The van der Waals surface area contributed by atoms with Gasteiger partial charge in [-0.2, -0.15) is 0 Å². The Kier molecular flexibility index (Phi) is 6.52. The SMILES string of the molecule is O=C(NC1CCN(CCCOc2ccc(Cl)cc2)CC1)C1Cc2ccncc2O1. The maximum absolute atomic E-state index is 12.5. The number of hydrogen-bond donors (Lipinski definition) is 1. The van der Waals surface area contributed by atoms with Gasteiger partial charge in [0.25, 0.3) is 5.91 Å². The first kappa shape index (κ1) is 20.0. The van der Waals surface area contributed by atoms with Crippen LogP contribution in [0.25, 0.3) is 0 Å². The minimum atomic E-state index is -0.433. The monoisotopic (exact) mass is 415 g/mol. The second-order valence-corrected chi connectivity index (χ2v) is 8.01. The Morgan fingerprint density at radius 3 is 2.79 bits per heavy atom. The first-order valence-electron chi connectivity index (χ1n) is 10.2. The van der Waals surface area contributed by atoms with Crippen LogP contribution < -0.4 is 14.8 Å². The van der Waals surface area contributed by atoms with Crippen molar-refractivity contribution in [3.05, 3.63) is 53.3 Å². The number of carbonyl (C=O) groups is 1. The first-order valence-corrected chi connectivity index (χ1v) is 10.6. The van der Waals surface area contributed by atoms with Gasteiger partial charge in [0.2, 0.25) is 0 Å². The number of aromatic nitrogens is 1. The summed E-state index contributed by atoms with van der Waals surface area (Å²) in [5.41, 5.74) is 1.05. The maximum atomic E-state index is 12.5. The first-order chi connectivity index (χ1) is 14.2. The van der Waals surface area contributed by atoms with E-state index >= 15 is 0 Å². The Hall–Kier alpha value is -2.31. The number of ether oxygens (including phenoxy) is 2. The van der Waals surface area contributed by atoms with Crippen LogP contribution in [0.1, 0.15) is 24.8 Å². The van der Waals surface area contributed by atoms with E-state index in [1.807, 2.05) is 30.3 Å². The van der Waals surface area contributed by atoms with Gasteiger partial charge >= 0.3 is 0 Å². The lowest BCUT2D eigenvalue weighted by atomic mass is 10.0. The Morgan fingerprint density at radius 2 is 2.03 bits per heavy atom. The number of pyridine rings is 1. The highest BCUT2D eigenvalue weighted by molar-refractivity contribution is 6.30. The van der Waals surface area contributed by atoms with Crippen LogP contribution in [0.4, 0.5) is 0 Å². The molecular formula is C22H26ClN3O3. The topological polar surface area (TPSA) is 63.7 Å². The van der Waals surface area contributed by atoms with E-state index < -0.39 is 6.10 Å². The van der Waals surface area contributed by atoms with Crippen molar-refractivity contribution in [1.29, 1.82) is 0 Å². The van der Waals surface area contributed by atoms with Crippen molar-refractivity contribution in [3.8, 4) is 11.5 Å². The zero-order chi connectivity index (χ0) is 20.1. The van der Waals surface area contributed by atoms with E-state index in [2.05, 4.69) is 15.2 Å². The second-order valence-electron chi connectivity index (χ2n) is 7.57. The maximum Gasteiger partial charge on any atom is 0.261 e. The van der Waals surface area contributed by atoms with E-state index in [0.29, 0.717) is 18.1 Å². The molecule has 1 N–H and O–H groups in total. The predicted octanol–water partition coefficient (Wildman–Crippen LogP) is 3.09. The lowest BCUT2D eigenvalue weighted by Gasteiger charge is -2.32. The summed E-state index contributed by atoms with van der Waals surface area (Å²) in [6.07, 6.45) is 6.50. The fraction of sp³-hybridized carbons (Fsp3) is 0.455. The molecule has 3 heterocycles. The average Bonchev–Trinajstić information content (AvgIpc) is 3.18. The van der Waals surface area contributed by atoms with Crippen molar-refractivity contribution in [1.82, 2.24) is 15.2 Å². The molecule has 0 aliphatic carbocycles. The molecular weight excluding hydrogens is 390 g/mol. The van der Waals surface area contributed by atoms with Crippen molar-refractivity contribution in [3.63, 3.8) is 0 Å². The van der Waals surface area contributed by atoms with Crippen LogP contribution in [0.2, 0.25) is 5.02 Å². The van der Waals surface area contributed by atoms with Crippen molar-refractivity contribution in [2.45, 2.75) is 37.8 Å². The van der Waals surface area contributed by atoms with Crippen molar-refractivity contribution >= 4 is 17.5 Å². The molecule has 1 aromatic carbocycles. The molecule has 29 heavy (non-hydrogen) atoms. The predicted molar refractivity (Wildman–Crippen MR) is 112 cm³/mol. The normalized spacial score (nSPS) is 19.4. The van der Waals surface area contributed by atoms with Gasteiger partial charge in [0.1, 0.15) is 11.5 Å². The summed E-state index contributed by atoms with van der Waals surface area (Å²) < 4.78 is 11.5. The van der Waals surface area contributed by atoms with E-state index in [1.54, 1.807) is 12.4 Å². The van der Waals surface area contributed by atoms with Gasteiger partial charge in [0.15, 0.2) is 6.10 Å². The summed E-state index contributed by atoms with van der Waals surface area (Å²) in [6, 6.07) is 9.58. The zero-order valence-corrected chi connectivity index (χ0v) is 17.1. The van der Waals surface area contributed by atoms with Crippen LogP contribution in [0.5, 0.6) is 11.5 Å². The minimum Gasteiger partial charge on any atom is -0.494 e. The molecule has 1 fully saturated rings. The molecule has 0 bridgehead atoms. The molecule has 6 nitrogen and oxygen atoms in total. The summed E-state index contributed by atoms with van der Waals surface area (Å²) >= 11 is 5.88. The molecule has 0 saturated carbocycles. The number of benzene rings is 1. The number of carbonyl (C=O) groups excluding carboxylic acids is 1. The summed E-state index contributed by atoms with van der Waals surface area (Å²) in [5.74, 6) is 1.56. The van der Waals surface area contributed by atoms with E-state index in [4.69, 9.17) is 21.1 Å². The van der Waals surface area contributed by atoms with Crippen molar-refractivity contribution in [2.24, 2.45) is 0 Å². The number of nitrogens with zero attached hydrogens (tertiary/aromatic N) is 2. The van der Waals surface area contributed by atoms with E-state index in [9.17, 15) is 4.79 Å². The second kappa shape index (κ2) is 9.46. The highest BCUT2D eigenvalue weighted by atomic mass is 35.5. The minimum absolute atomic E-state index is 0.0176. The van der Waals surface area contributed by atoms with Gasteiger partial charge in [0, 0.05) is 48.9 Å². The van der Waals surface area contributed by atoms with Crippen LogP contribution in [-0.4, -0.2) is 54.2 Å². The molecule has 4 rings (SSSR count). The fourth-order valence-electron chi connectivity index (χ4n) is 3.83. The third-order valence-electron chi connectivity index (χ3n) is 5.47. The summed E-state index contributed by atoms with van der Waals surface area (Å²) in [5, 5.41) is 3.88. The van der Waals surface area contributed by atoms with Gasteiger partial charge in [-0.05, 0) is 49.6 Å². The standard InChI is InChI=1S/C22H26ClN3O3/c23-17-2-4-19(5-3-17)28-13-1-10-26-11-7-18(8-12-26)25-22(27)20-14-16-6-9-24-15-21(16)29-20/h2-6,9,15,18,20H,1,7-8,10-14H2,(H,25,27). The lowest BCUT2D eigenvalue weighted by molar-refractivity contribution is -0.128. The van der Waals surface area contributed by atoms with Crippen LogP contribution >= 0.6 is 11.6 Å². The smallest absolute Gasteiger partial charge is 0.261 e. The summed E-state index contributed by atoms with van der Waals surface area (Å²) in [6.45, 7) is 3.66. The molecule has 1 amide bonds. The number of halogens is 1.